The van der Waals surface area contributed by atoms with E-state index in [-0.39, 0.29) is 11.5 Å². The average Bonchev–Trinajstić information content (AvgIpc) is 3.30. The van der Waals surface area contributed by atoms with Gasteiger partial charge in [-0.15, -0.1) is 0 Å². The first-order valence-corrected chi connectivity index (χ1v) is 12.0. The van der Waals surface area contributed by atoms with Crippen LogP contribution in [0.25, 0.3) is 44.3 Å². The first kappa shape index (κ1) is 21.8. The van der Waals surface area contributed by atoms with Gasteiger partial charge in [-0.3, -0.25) is 9.78 Å². The molecule has 174 valence electrons. The van der Waals surface area contributed by atoms with E-state index in [0.717, 1.165) is 52.8 Å². The van der Waals surface area contributed by atoms with Crippen molar-refractivity contribution in [3.8, 4) is 28.1 Å². The summed E-state index contributed by atoms with van der Waals surface area (Å²) >= 11 is 6.62. The number of aromatic amines is 1. The highest BCUT2D eigenvalue weighted by molar-refractivity contribution is 6.35. The third kappa shape index (κ3) is 4.05. The van der Waals surface area contributed by atoms with Crippen molar-refractivity contribution < 1.29 is 4.74 Å². The predicted octanol–water partition coefficient (Wildman–Crippen LogP) is 5.54. The van der Waals surface area contributed by atoms with Gasteiger partial charge >= 0.3 is 0 Å². The van der Waals surface area contributed by atoms with Crippen LogP contribution in [-0.4, -0.2) is 46.1 Å². The summed E-state index contributed by atoms with van der Waals surface area (Å²) in [7, 11) is 2.06. The highest BCUT2D eigenvalue weighted by Gasteiger charge is 2.23. The number of nitrogens with zero attached hydrogens (tertiary/aromatic N) is 3. The summed E-state index contributed by atoms with van der Waals surface area (Å²) in [6.45, 7) is 1.76. The van der Waals surface area contributed by atoms with Crippen molar-refractivity contribution in [3.05, 3.63) is 88.3 Å². The normalized spacial score (nSPS) is 16.2. The van der Waals surface area contributed by atoms with Gasteiger partial charge < -0.3 is 14.6 Å². The maximum Gasteiger partial charge on any atom is 0.232 e. The zero-order chi connectivity index (χ0) is 23.9. The summed E-state index contributed by atoms with van der Waals surface area (Å²) in [5, 5.41) is 1.95. The number of pyridine rings is 3. The molecule has 6 rings (SSSR count). The number of nitrogens with one attached hydrogen (secondary N) is 1. The molecule has 0 aliphatic carbocycles. The number of likely N-dealkylation sites (tertiary alicyclic amines) is 1. The van der Waals surface area contributed by atoms with Crippen LogP contribution in [-0.2, 0) is 0 Å². The lowest BCUT2D eigenvalue weighted by Gasteiger charge is -2.15. The standard InChI is InChI=1S/C28H23ClN4O2/c1-33-11-9-20(16-33)35-24-15-31-28-22(27(24)34)14-21(25(32-28)17-6-3-2-4-7-17)19-12-18-8-5-10-30-26(18)23(29)13-19/h2-8,10,12-15,20H,9,11,16H2,1H3,(H,31,32,34). The van der Waals surface area contributed by atoms with E-state index in [1.54, 1.807) is 12.4 Å². The number of likely N-dealkylation sites (N-methyl/N-ethyl adjacent to an activating group) is 1. The molecule has 0 bridgehead atoms. The number of halogens is 1. The third-order valence-electron chi connectivity index (χ3n) is 6.49. The number of rotatable bonds is 4. The molecule has 0 spiro atoms. The van der Waals surface area contributed by atoms with E-state index < -0.39 is 0 Å². The Morgan fingerprint density at radius 2 is 1.94 bits per heavy atom. The van der Waals surface area contributed by atoms with Crippen LogP contribution in [0.5, 0.6) is 5.75 Å². The van der Waals surface area contributed by atoms with E-state index in [4.69, 9.17) is 21.3 Å². The molecule has 5 aromatic rings. The first-order valence-electron chi connectivity index (χ1n) is 11.6. The second-order valence-corrected chi connectivity index (χ2v) is 9.36. The third-order valence-corrected chi connectivity index (χ3v) is 6.78. The maximum absolute atomic E-state index is 13.5. The molecule has 0 radical (unpaired) electrons. The van der Waals surface area contributed by atoms with Crippen molar-refractivity contribution in [2.24, 2.45) is 0 Å². The molecule has 7 heteroatoms. The van der Waals surface area contributed by atoms with Gasteiger partial charge in [-0.05, 0) is 43.3 Å². The van der Waals surface area contributed by atoms with Gasteiger partial charge in [0.25, 0.3) is 0 Å². The van der Waals surface area contributed by atoms with Gasteiger partial charge in [-0.2, -0.15) is 0 Å². The Morgan fingerprint density at radius 1 is 1.09 bits per heavy atom. The number of hydrogen-bond donors (Lipinski definition) is 1. The summed E-state index contributed by atoms with van der Waals surface area (Å²) in [6, 6.07) is 19.6. The molecule has 1 fully saturated rings. The number of fused-ring (bicyclic) bond motifs is 2. The molecule has 35 heavy (non-hydrogen) atoms. The van der Waals surface area contributed by atoms with Crippen molar-refractivity contribution in [2.45, 2.75) is 12.5 Å². The minimum absolute atomic E-state index is 0.00126. The molecule has 0 saturated carbocycles. The molecule has 6 nitrogen and oxygen atoms in total. The Bertz CT molecular complexity index is 1620. The molecule has 3 aromatic heterocycles. The van der Waals surface area contributed by atoms with E-state index in [9.17, 15) is 4.79 Å². The SMILES string of the molecule is CN1CCC(Oc2c[nH]c3nc(-c4ccccc4)c(-c4cc(Cl)c5ncccc5c4)cc3c2=O)C1. The molecule has 1 aliphatic rings. The van der Waals surface area contributed by atoms with Gasteiger partial charge in [0.15, 0.2) is 5.75 Å². The molecule has 2 aromatic carbocycles. The number of ether oxygens (including phenoxy) is 1. The van der Waals surface area contributed by atoms with Crippen LogP contribution in [0.4, 0.5) is 0 Å². The quantitative estimate of drug-likeness (QED) is 0.364. The molecule has 1 atom stereocenters. The van der Waals surface area contributed by atoms with Crippen LogP contribution in [0, 0.1) is 0 Å². The molecule has 1 aliphatic heterocycles. The number of benzene rings is 2. The number of hydrogen-bond acceptors (Lipinski definition) is 5. The van der Waals surface area contributed by atoms with Crippen LogP contribution in [0.3, 0.4) is 0 Å². The van der Waals surface area contributed by atoms with Crippen molar-refractivity contribution in [3.63, 3.8) is 0 Å². The topological polar surface area (TPSA) is 71.1 Å². The Balaban J connectivity index is 1.56. The van der Waals surface area contributed by atoms with Gasteiger partial charge in [0.05, 0.1) is 21.6 Å². The summed E-state index contributed by atoms with van der Waals surface area (Å²) in [5.41, 5.74) is 4.48. The van der Waals surface area contributed by atoms with E-state index in [0.29, 0.717) is 21.8 Å². The molecule has 1 saturated heterocycles. The van der Waals surface area contributed by atoms with Crippen LogP contribution in [0.15, 0.2) is 77.9 Å². The van der Waals surface area contributed by atoms with Crippen molar-refractivity contribution >= 4 is 33.5 Å². The molecular weight excluding hydrogens is 460 g/mol. The van der Waals surface area contributed by atoms with E-state index in [2.05, 4.69) is 21.9 Å². The first-order chi connectivity index (χ1) is 17.1. The van der Waals surface area contributed by atoms with Crippen molar-refractivity contribution in [2.75, 3.05) is 20.1 Å². The second-order valence-electron chi connectivity index (χ2n) is 8.95. The zero-order valence-electron chi connectivity index (χ0n) is 19.2. The van der Waals surface area contributed by atoms with Crippen LogP contribution >= 0.6 is 11.6 Å². The summed E-state index contributed by atoms with van der Waals surface area (Å²) < 4.78 is 6.08. The Kier molecular flexibility index (Phi) is 5.47. The lowest BCUT2D eigenvalue weighted by atomic mass is 9.97. The molecular formula is C28H23ClN4O2. The van der Waals surface area contributed by atoms with E-state index in [1.165, 1.54) is 0 Å². The molecule has 1 unspecified atom stereocenters. The minimum atomic E-state index is -0.171. The fourth-order valence-electron chi connectivity index (χ4n) is 4.73. The number of H-pyrrole nitrogens is 1. The van der Waals surface area contributed by atoms with Crippen LogP contribution in [0.1, 0.15) is 6.42 Å². The summed E-state index contributed by atoms with van der Waals surface area (Å²) in [4.78, 5) is 28.2. The molecule has 4 heterocycles. The smallest absolute Gasteiger partial charge is 0.232 e. The maximum atomic E-state index is 13.5. The highest BCUT2D eigenvalue weighted by Crippen LogP contribution is 2.36. The van der Waals surface area contributed by atoms with Gasteiger partial charge in [0, 0.05) is 42.0 Å². The van der Waals surface area contributed by atoms with Crippen LogP contribution < -0.4 is 10.2 Å². The zero-order valence-corrected chi connectivity index (χ0v) is 19.9. The van der Waals surface area contributed by atoms with Crippen molar-refractivity contribution in [1.29, 1.82) is 0 Å². The Hall–Kier alpha value is -3.74. The number of aromatic nitrogens is 3. The second kappa shape index (κ2) is 8.80. The summed E-state index contributed by atoms with van der Waals surface area (Å²) in [5.74, 6) is 0.318. The Labute approximate surface area is 207 Å². The van der Waals surface area contributed by atoms with Gasteiger partial charge in [0.1, 0.15) is 11.8 Å². The fourth-order valence-corrected chi connectivity index (χ4v) is 5.00. The largest absolute Gasteiger partial charge is 0.483 e. The lowest BCUT2D eigenvalue weighted by molar-refractivity contribution is 0.206. The predicted molar refractivity (Wildman–Crippen MR) is 140 cm³/mol. The van der Waals surface area contributed by atoms with Crippen LogP contribution in [0.2, 0.25) is 5.02 Å². The Morgan fingerprint density at radius 3 is 2.74 bits per heavy atom. The molecule has 0 amide bonds. The highest BCUT2D eigenvalue weighted by atomic mass is 35.5. The summed E-state index contributed by atoms with van der Waals surface area (Å²) in [6.07, 6.45) is 4.25. The lowest BCUT2D eigenvalue weighted by Crippen LogP contribution is -2.24. The van der Waals surface area contributed by atoms with E-state index in [1.807, 2.05) is 60.7 Å². The monoisotopic (exact) mass is 482 g/mol. The molecule has 1 N–H and O–H groups in total. The van der Waals surface area contributed by atoms with Gasteiger partial charge in [-0.25, -0.2) is 4.98 Å². The average molecular weight is 483 g/mol. The fraction of sp³-hybridized carbons (Fsp3) is 0.179. The minimum Gasteiger partial charge on any atom is -0.483 e. The van der Waals surface area contributed by atoms with Gasteiger partial charge in [0.2, 0.25) is 5.43 Å². The van der Waals surface area contributed by atoms with E-state index >= 15 is 0 Å². The van der Waals surface area contributed by atoms with Gasteiger partial charge in [-0.1, -0.05) is 48.0 Å². The van der Waals surface area contributed by atoms with Crippen molar-refractivity contribution in [1.82, 2.24) is 19.9 Å².